The van der Waals surface area contributed by atoms with E-state index in [0.717, 1.165) is 11.8 Å². The number of nitrogens with zero attached hydrogens (tertiary/aromatic N) is 1. The first-order chi connectivity index (χ1) is 11.0. The number of carbonyl (C=O) groups excluding carboxylic acids is 1. The van der Waals surface area contributed by atoms with Gasteiger partial charge in [-0.25, -0.2) is 4.39 Å². The zero-order chi connectivity index (χ0) is 16.6. The van der Waals surface area contributed by atoms with Crippen molar-refractivity contribution in [1.82, 2.24) is 0 Å². The molecule has 3 rings (SSSR count). The van der Waals surface area contributed by atoms with Gasteiger partial charge in [-0.3, -0.25) is 9.69 Å². The number of anilines is 1. The third kappa shape index (κ3) is 3.43. The second kappa shape index (κ2) is 6.61. The summed E-state index contributed by atoms with van der Waals surface area (Å²) in [6.07, 6.45) is 1.65. The number of amides is 1. The van der Waals surface area contributed by atoms with Gasteiger partial charge in [0.15, 0.2) is 4.32 Å². The van der Waals surface area contributed by atoms with Crippen molar-refractivity contribution in [3.63, 3.8) is 0 Å². The van der Waals surface area contributed by atoms with Gasteiger partial charge in [-0.1, -0.05) is 59.3 Å². The Morgan fingerprint density at radius 1 is 1.17 bits per heavy atom. The first-order valence-electron chi connectivity index (χ1n) is 6.44. The molecule has 1 amide bonds. The molecule has 1 saturated heterocycles. The Morgan fingerprint density at radius 2 is 1.96 bits per heavy atom. The summed E-state index contributed by atoms with van der Waals surface area (Å²) in [5, 5.41) is 0.952. The highest BCUT2D eigenvalue weighted by atomic mass is 35.5. The van der Waals surface area contributed by atoms with E-state index in [1.54, 1.807) is 30.3 Å². The number of halogens is 3. The van der Waals surface area contributed by atoms with Gasteiger partial charge in [-0.15, -0.1) is 0 Å². The molecule has 0 spiro atoms. The minimum Gasteiger partial charge on any atom is -0.268 e. The van der Waals surface area contributed by atoms with Crippen LogP contribution in [0.25, 0.3) is 6.08 Å². The van der Waals surface area contributed by atoms with Gasteiger partial charge in [0, 0.05) is 10.0 Å². The number of hydrogen-bond acceptors (Lipinski definition) is 3. The minimum atomic E-state index is -0.429. The van der Waals surface area contributed by atoms with Crippen molar-refractivity contribution in [3.8, 4) is 0 Å². The van der Waals surface area contributed by atoms with Gasteiger partial charge < -0.3 is 0 Å². The molecule has 0 N–H and O–H groups in total. The lowest BCUT2D eigenvalue weighted by Crippen LogP contribution is -2.27. The van der Waals surface area contributed by atoms with Crippen molar-refractivity contribution < 1.29 is 9.18 Å². The van der Waals surface area contributed by atoms with Crippen molar-refractivity contribution in [2.24, 2.45) is 0 Å². The average molecular weight is 384 g/mol. The molecule has 116 valence electrons. The van der Waals surface area contributed by atoms with E-state index in [9.17, 15) is 9.18 Å². The molecule has 1 aliphatic rings. The van der Waals surface area contributed by atoms with E-state index in [2.05, 4.69) is 0 Å². The lowest BCUT2D eigenvalue weighted by molar-refractivity contribution is -0.113. The highest BCUT2D eigenvalue weighted by Gasteiger charge is 2.33. The van der Waals surface area contributed by atoms with E-state index < -0.39 is 5.82 Å². The van der Waals surface area contributed by atoms with E-state index in [4.69, 9.17) is 35.4 Å². The molecule has 0 aromatic heterocycles. The molecule has 0 saturated carbocycles. The van der Waals surface area contributed by atoms with Crippen LogP contribution in [-0.4, -0.2) is 10.2 Å². The first-order valence-corrected chi connectivity index (χ1v) is 8.42. The standard InChI is InChI=1S/C16H8Cl2FNOS2/c17-10-5-4-9(13(18)7-10)6-14-15(21)20(16(22)23-14)12-3-1-2-11(19)8-12/h1-8H. The number of hydrogen-bond donors (Lipinski definition) is 0. The summed E-state index contributed by atoms with van der Waals surface area (Å²) < 4.78 is 13.7. The van der Waals surface area contributed by atoms with Crippen molar-refractivity contribution in [1.29, 1.82) is 0 Å². The van der Waals surface area contributed by atoms with E-state index in [0.29, 0.717) is 30.5 Å². The number of rotatable bonds is 2. The van der Waals surface area contributed by atoms with Gasteiger partial charge in [-0.2, -0.15) is 0 Å². The van der Waals surface area contributed by atoms with E-state index in [1.165, 1.54) is 23.1 Å². The summed E-state index contributed by atoms with van der Waals surface area (Å²) in [5.41, 5.74) is 1.06. The topological polar surface area (TPSA) is 20.3 Å². The van der Waals surface area contributed by atoms with Gasteiger partial charge in [0.25, 0.3) is 5.91 Å². The zero-order valence-electron chi connectivity index (χ0n) is 11.4. The van der Waals surface area contributed by atoms with Gasteiger partial charge >= 0.3 is 0 Å². The fourth-order valence-corrected chi connectivity index (χ4v) is 3.82. The Hall–Kier alpha value is -1.40. The van der Waals surface area contributed by atoms with Crippen LogP contribution >= 0.6 is 47.2 Å². The lowest BCUT2D eigenvalue weighted by Gasteiger charge is -2.14. The van der Waals surface area contributed by atoms with Crippen molar-refractivity contribution in [2.45, 2.75) is 0 Å². The molecular formula is C16H8Cl2FNOS2. The van der Waals surface area contributed by atoms with Crippen molar-refractivity contribution in [3.05, 3.63) is 68.8 Å². The maximum atomic E-state index is 13.4. The van der Waals surface area contributed by atoms with Crippen LogP contribution in [0.15, 0.2) is 47.4 Å². The van der Waals surface area contributed by atoms with Crippen LogP contribution in [0, 0.1) is 5.82 Å². The molecule has 2 aromatic carbocycles. The Labute approximate surface area is 151 Å². The van der Waals surface area contributed by atoms with Crippen LogP contribution < -0.4 is 4.90 Å². The molecule has 23 heavy (non-hydrogen) atoms. The molecule has 0 bridgehead atoms. The summed E-state index contributed by atoms with van der Waals surface area (Å²) in [6, 6.07) is 10.7. The van der Waals surface area contributed by atoms with Crippen molar-refractivity contribution in [2.75, 3.05) is 4.90 Å². The molecule has 0 radical (unpaired) electrons. The Morgan fingerprint density at radius 3 is 2.65 bits per heavy atom. The first kappa shape index (κ1) is 16.5. The summed E-state index contributed by atoms with van der Waals surface area (Å²) in [6.45, 7) is 0. The minimum absolute atomic E-state index is 0.309. The maximum absolute atomic E-state index is 13.4. The van der Waals surface area contributed by atoms with Gasteiger partial charge in [0.2, 0.25) is 0 Å². The molecule has 1 fully saturated rings. The van der Waals surface area contributed by atoms with Crippen LogP contribution in [0.3, 0.4) is 0 Å². The smallest absolute Gasteiger partial charge is 0.268 e. The predicted octanol–water partition coefficient (Wildman–Crippen LogP) is 5.54. The second-order valence-corrected chi connectivity index (χ2v) is 7.18. The summed E-state index contributed by atoms with van der Waals surface area (Å²) >= 11 is 18.4. The molecule has 2 nitrogen and oxygen atoms in total. The normalized spacial score (nSPS) is 16.5. The van der Waals surface area contributed by atoms with Gasteiger partial charge in [-0.05, 0) is 42.0 Å². The van der Waals surface area contributed by atoms with Crippen LogP contribution in [0.2, 0.25) is 10.0 Å². The maximum Gasteiger partial charge on any atom is 0.270 e. The number of carbonyl (C=O) groups is 1. The van der Waals surface area contributed by atoms with E-state index in [-0.39, 0.29) is 5.91 Å². The highest BCUT2D eigenvalue weighted by molar-refractivity contribution is 8.27. The number of thiocarbonyl (C=S) groups is 1. The average Bonchev–Trinajstić information content (AvgIpc) is 2.76. The quantitative estimate of drug-likeness (QED) is 0.501. The third-order valence-electron chi connectivity index (χ3n) is 3.11. The SMILES string of the molecule is O=C1C(=Cc2ccc(Cl)cc2Cl)SC(=S)N1c1cccc(F)c1. The molecule has 0 atom stereocenters. The lowest BCUT2D eigenvalue weighted by atomic mass is 10.2. The number of benzene rings is 2. The van der Waals surface area contributed by atoms with Gasteiger partial charge in [0.05, 0.1) is 10.6 Å². The molecular weight excluding hydrogens is 376 g/mol. The second-order valence-electron chi connectivity index (χ2n) is 4.66. The van der Waals surface area contributed by atoms with Crippen LogP contribution in [-0.2, 0) is 4.79 Å². The largest absolute Gasteiger partial charge is 0.270 e. The van der Waals surface area contributed by atoms with E-state index in [1.807, 2.05) is 0 Å². The Bertz CT molecular complexity index is 854. The molecule has 2 aromatic rings. The van der Waals surface area contributed by atoms with Gasteiger partial charge in [0.1, 0.15) is 5.82 Å². The summed E-state index contributed by atoms with van der Waals surface area (Å²) in [4.78, 5) is 14.3. The van der Waals surface area contributed by atoms with Crippen molar-refractivity contribution >= 4 is 69.2 Å². The Balaban J connectivity index is 1.96. The summed E-state index contributed by atoms with van der Waals surface area (Å²) in [5.74, 6) is -0.738. The molecule has 7 heteroatoms. The fourth-order valence-electron chi connectivity index (χ4n) is 2.07. The Kier molecular flexibility index (Phi) is 4.73. The van der Waals surface area contributed by atoms with E-state index >= 15 is 0 Å². The van der Waals surface area contributed by atoms with Crippen LogP contribution in [0.5, 0.6) is 0 Å². The molecule has 1 aliphatic heterocycles. The van der Waals surface area contributed by atoms with Crippen LogP contribution in [0.1, 0.15) is 5.56 Å². The molecule has 0 unspecified atom stereocenters. The fraction of sp³-hybridized carbons (Fsp3) is 0. The highest BCUT2D eigenvalue weighted by Crippen LogP contribution is 2.37. The molecule has 1 heterocycles. The number of thioether (sulfide) groups is 1. The molecule has 0 aliphatic carbocycles. The van der Waals surface area contributed by atoms with Crippen LogP contribution in [0.4, 0.5) is 10.1 Å². The third-order valence-corrected chi connectivity index (χ3v) is 4.97. The monoisotopic (exact) mass is 383 g/mol. The zero-order valence-corrected chi connectivity index (χ0v) is 14.6. The predicted molar refractivity (Wildman–Crippen MR) is 98.5 cm³/mol. The summed E-state index contributed by atoms with van der Waals surface area (Å²) in [7, 11) is 0.